The standard InChI is InChI=1S/C44H52N8O7.C3H8/c1-7-17-51(42(54)40(25(3)4)50-44(56)58-6)24-37-45-21-32(48-37)27-11-14-30-26(19-27)13-16-35-39(30)29(8-2)31-15-12-28(20-36(31)59-35)33-22-46-41(49-33)34-10-9-18-52(34)38(53)23-47-43(55)57-5;1-3-2/h11-16,19-22,25,29,34,40H,7-10,17-18,23-24H2,1-6H3,(H,45,48)(H,46,49)(H,47,55)(H,50,56);3H2,1-2H3/t29?,34-,40?;/m0./s1. The quantitative estimate of drug-likeness (QED) is 0.0899. The van der Waals surface area contributed by atoms with Crippen LogP contribution in [0.3, 0.4) is 0 Å². The second-order valence-electron chi connectivity index (χ2n) is 16.1. The maximum atomic E-state index is 13.6. The van der Waals surface area contributed by atoms with Crippen molar-refractivity contribution in [2.45, 2.75) is 98.2 Å². The van der Waals surface area contributed by atoms with E-state index < -0.39 is 18.2 Å². The molecule has 1 fully saturated rings. The second-order valence-corrected chi connectivity index (χ2v) is 16.1. The van der Waals surface area contributed by atoms with Crippen LogP contribution >= 0.6 is 0 Å². The minimum absolute atomic E-state index is 0.107. The molecular weight excluding hydrogens is 789 g/mol. The summed E-state index contributed by atoms with van der Waals surface area (Å²) in [6, 6.07) is 15.8. The minimum Gasteiger partial charge on any atom is -0.457 e. The number of benzene rings is 3. The van der Waals surface area contributed by atoms with Crippen LogP contribution in [0.2, 0.25) is 0 Å². The molecule has 62 heavy (non-hydrogen) atoms. The number of nitrogens with zero attached hydrogens (tertiary/aromatic N) is 4. The zero-order valence-electron chi connectivity index (χ0n) is 37.1. The number of ether oxygens (including phenoxy) is 3. The number of amides is 4. The van der Waals surface area contributed by atoms with Crippen LogP contribution < -0.4 is 15.4 Å². The smallest absolute Gasteiger partial charge is 0.407 e. The Kier molecular flexibility index (Phi) is 14.9. The van der Waals surface area contributed by atoms with E-state index in [1.807, 2.05) is 32.9 Å². The number of fused-ring (bicyclic) bond motifs is 4. The SMILES string of the molecule is CCC.CCCN(Cc1ncc(-c2ccc3c4c(ccc3c2)Oc2cc(-c3cnc([C@@H]5CCCN5C(=O)CNC(=O)OC)[nH]3)ccc2C4CC)[nH]1)C(=O)C(NC(=O)OC)C(C)C. The summed E-state index contributed by atoms with van der Waals surface area (Å²) >= 11 is 0. The molecule has 1 saturated heterocycles. The van der Waals surface area contributed by atoms with Crippen LogP contribution in [0, 0.1) is 5.92 Å². The second kappa shape index (κ2) is 20.5. The number of H-pyrrole nitrogens is 2. The van der Waals surface area contributed by atoms with Crippen molar-refractivity contribution >= 4 is 34.8 Å². The number of nitrogens with one attached hydrogen (secondary N) is 4. The summed E-state index contributed by atoms with van der Waals surface area (Å²) in [5.41, 5.74) is 5.80. The van der Waals surface area contributed by atoms with Gasteiger partial charge in [0.15, 0.2) is 0 Å². The monoisotopic (exact) mass is 848 g/mol. The Labute approximate surface area is 363 Å². The fourth-order valence-corrected chi connectivity index (χ4v) is 8.25. The molecule has 15 nitrogen and oxygen atoms in total. The van der Waals surface area contributed by atoms with Gasteiger partial charge in [-0.2, -0.15) is 0 Å². The number of carbonyl (C=O) groups excluding carboxylic acids is 4. The van der Waals surface area contributed by atoms with Gasteiger partial charge in [-0.15, -0.1) is 0 Å². The summed E-state index contributed by atoms with van der Waals surface area (Å²) < 4.78 is 16.0. The number of aromatic amines is 2. The molecule has 0 aliphatic carbocycles. The molecule has 0 radical (unpaired) electrons. The van der Waals surface area contributed by atoms with Crippen molar-refractivity contribution in [1.29, 1.82) is 0 Å². The van der Waals surface area contributed by atoms with Crippen molar-refractivity contribution in [2.24, 2.45) is 5.92 Å². The number of hydrogen-bond donors (Lipinski definition) is 4. The predicted molar refractivity (Wildman–Crippen MR) is 238 cm³/mol. The molecule has 0 saturated carbocycles. The van der Waals surface area contributed by atoms with E-state index in [-0.39, 0.29) is 42.8 Å². The first-order valence-corrected chi connectivity index (χ1v) is 21.7. The van der Waals surface area contributed by atoms with Crippen LogP contribution in [0.1, 0.15) is 108 Å². The van der Waals surface area contributed by atoms with Crippen molar-refractivity contribution in [1.82, 2.24) is 40.4 Å². The third kappa shape index (κ3) is 9.87. The van der Waals surface area contributed by atoms with Gasteiger partial charge >= 0.3 is 12.2 Å². The Balaban J connectivity index is 0.00000208. The molecule has 3 atom stereocenters. The number of imidazole rings is 2. The largest absolute Gasteiger partial charge is 0.457 e. The third-order valence-corrected chi connectivity index (χ3v) is 11.2. The maximum Gasteiger partial charge on any atom is 0.407 e. The third-order valence-electron chi connectivity index (χ3n) is 11.2. The number of rotatable bonds is 13. The summed E-state index contributed by atoms with van der Waals surface area (Å²) in [5.74, 6) is 2.57. The van der Waals surface area contributed by atoms with Gasteiger partial charge in [0.2, 0.25) is 11.8 Å². The normalized spacial score (nSPS) is 15.7. The summed E-state index contributed by atoms with van der Waals surface area (Å²) in [7, 11) is 2.55. The Bertz CT molecular complexity index is 2370. The number of methoxy groups -OCH3 is 2. The van der Waals surface area contributed by atoms with Crippen molar-refractivity contribution < 1.29 is 33.4 Å². The molecule has 4 N–H and O–H groups in total. The highest BCUT2D eigenvalue weighted by molar-refractivity contribution is 5.93. The number of likely N-dealkylation sites (tertiary alicyclic amines) is 1. The van der Waals surface area contributed by atoms with E-state index in [1.54, 1.807) is 22.2 Å². The molecule has 7 rings (SSSR count). The van der Waals surface area contributed by atoms with Gasteiger partial charge in [0, 0.05) is 41.3 Å². The van der Waals surface area contributed by atoms with Crippen LogP contribution in [-0.2, 0) is 25.6 Å². The molecule has 0 bridgehead atoms. The van der Waals surface area contributed by atoms with Gasteiger partial charge < -0.3 is 44.6 Å². The van der Waals surface area contributed by atoms with E-state index in [1.165, 1.54) is 20.6 Å². The van der Waals surface area contributed by atoms with Crippen LogP contribution in [0.15, 0.2) is 60.9 Å². The zero-order chi connectivity index (χ0) is 44.5. The average Bonchev–Trinajstić information content (AvgIpc) is 4.08. The van der Waals surface area contributed by atoms with E-state index >= 15 is 0 Å². The van der Waals surface area contributed by atoms with E-state index in [4.69, 9.17) is 9.47 Å². The van der Waals surface area contributed by atoms with E-state index in [9.17, 15) is 19.2 Å². The zero-order valence-corrected chi connectivity index (χ0v) is 37.1. The first-order valence-electron chi connectivity index (χ1n) is 21.7. The van der Waals surface area contributed by atoms with Gasteiger partial charge in [-0.3, -0.25) is 9.59 Å². The van der Waals surface area contributed by atoms with E-state index in [0.717, 1.165) is 81.6 Å². The molecule has 4 amide bonds. The van der Waals surface area contributed by atoms with Crippen LogP contribution in [-0.4, -0.2) is 93.6 Å². The Morgan fingerprint density at radius 2 is 1.61 bits per heavy atom. The molecular formula is C47H60N8O7. The van der Waals surface area contributed by atoms with Crippen LogP contribution in [0.5, 0.6) is 11.5 Å². The fourth-order valence-electron chi connectivity index (χ4n) is 8.25. The molecule has 330 valence electrons. The fraction of sp³-hybridized carbons (Fsp3) is 0.447. The lowest BCUT2D eigenvalue weighted by Gasteiger charge is -2.29. The van der Waals surface area contributed by atoms with Crippen LogP contribution in [0.4, 0.5) is 9.59 Å². The van der Waals surface area contributed by atoms with Gasteiger partial charge in [-0.05, 0) is 60.6 Å². The van der Waals surface area contributed by atoms with Crippen molar-refractivity contribution in [3.63, 3.8) is 0 Å². The molecule has 2 aromatic heterocycles. The lowest BCUT2D eigenvalue weighted by molar-refractivity contribution is -0.135. The van der Waals surface area contributed by atoms with Gasteiger partial charge in [0.25, 0.3) is 0 Å². The highest BCUT2D eigenvalue weighted by Gasteiger charge is 2.33. The molecule has 2 unspecified atom stereocenters. The molecule has 5 aromatic rings. The maximum absolute atomic E-state index is 13.6. The average molecular weight is 849 g/mol. The summed E-state index contributed by atoms with van der Waals surface area (Å²) in [6.45, 7) is 13.5. The Morgan fingerprint density at radius 3 is 2.32 bits per heavy atom. The van der Waals surface area contributed by atoms with E-state index in [0.29, 0.717) is 24.7 Å². The van der Waals surface area contributed by atoms with Crippen molar-refractivity contribution in [3.8, 4) is 34.0 Å². The van der Waals surface area contributed by atoms with Gasteiger partial charge in [0.1, 0.15) is 35.7 Å². The van der Waals surface area contributed by atoms with Crippen molar-refractivity contribution in [3.05, 3.63) is 83.7 Å². The van der Waals surface area contributed by atoms with Gasteiger partial charge in [-0.1, -0.05) is 78.3 Å². The minimum atomic E-state index is -0.720. The van der Waals surface area contributed by atoms with Gasteiger partial charge in [0.05, 0.1) is 50.6 Å². The molecule has 15 heteroatoms. The predicted octanol–water partition coefficient (Wildman–Crippen LogP) is 8.82. The lowest BCUT2D eigenvalue weighted by Crippen LogP contribution is -2.51. The molecule has 0 spiro atoms. The first kappa shape index (κ1) is 45.2. The molecule has 2 aliphatic heterocycles. The molecule has 3 aromatic carbocycles. The Hall–Kier alpha value is -6.38. The van der Waals surface area contributed by atoms with Crippen molar-refractivity contribution in [2.75, 3.05) is 33.9 Å². The van der Waals surface area contributed by atoms with Crippen LogP contribution in [0.25, 0.3) is 33.3 Å². The highest BCUT2D eigenvalue weighted by atomic mass is 16.5. The molecule has 2 aliphatic rings. The lowest BCUT2D eigenvalue weighted by atomic mass is 9.82. The number of hydrogen-bond acceptors (Lipinski definition) is 9. The van der Waals surface area contributed by atoms with E-state index in [2.05, 4.69) is 92.5 Å². The Morgan fingerprint density at radius 1 is 0.903 bits per heavy atom. The van der Waals surface area contributed by atoms with Gasteiger partial charge in [-0.25, -0.2) is 19.6 Å². The highest BCUT2D eigenvalue weighted by Crippen LogP contribution is 2.49. The summed E-state index contributed by atoms with van der Waals surface area (Å²) in [6.07, 6.45) is 6.79. The molecule has 4 heterocycles. The topological polar surface area (TPSA) is 184 Å². The number of alkyl carbamates (subject to hydrolysis) is 2. The number of aromatic nitrogens is 4. The summed E-state index contributed by atoms with van der Waals surface area (Å²) in [5, 5.41) is 7.34. The first-order chi connectivity index (χ1) is 29.9. The number of carbonyl (C=O) groups is 4. The summed E-state index contributed by atoms with van der Waals surface area (Å²) in [4.78, 5) is 69.6.